The average molecular weight is 416 g/mol. The third-order valence-electron chi connectivity index (χ3n) is 4.22. The minimum atomic E-state index is -3.62. The second-order valence-electron chi connectivity index (χ2n) is 5.94. The maximum absolute atomic E-state index is 12.4. The van der Waals surface area contributed by atoms with E-state index in [0.717, 1.165) is 5.69 Å². The van der Waals surface area contributed by atoms with Crippen molar-refractivity contribution < 1.29 is 8.42 Å². The van der Waals surface area contributed by atoms with Gasteiger partial charge in [-0.25, -0.2) is 23.5 Å². The molecule has 3 aromatic rings. The molecule has 0 aromatic carbocycles. The summed E-state index contributed by atoms with van der Waals surface area (Å²) in [6.45, 7) is 2.54. The number of H-pyrrole nitrogens is 1. The number of nitrogens with zero attached hydrogens (tertiary/aromatic N) is 6. The smallest absolute Gasteiger partial charge is 0.278 e. The zero-order chi connectivity index (χ0) is 18.3. The summed E-state index contributed by atoms with van der Waals surface area (Å²) < 4.78 is 28.1. The molecule has 4 rings (SSSR count). The molecule has 4 heterocycles. The molecule has 138 valence electrons. The van der Waals surface area contributed by atoms with Gasteiger partial charge in [-0.2, -0.15) is 9.40 Å². The molecule has 0 unspecified atom stereocenters. The van der Waals surface area contributed by atoms with Crippen LogP contribution in [0.5, 0.6) is 0 Å². The molecule has 26 heavy (non-hydrogen) atoms. The number of hydrogen-bond donors (Lipinski definition) is 1. The Hall–Kier alpha value is -1.72. The summed E-state index contributed by atoms with van der Waals surface area (Å²) in [5.41, 5.74) is 1.50. The van der Waals surface area contributed by atoms with Crippen molar-refractivity contribution in [1.29, 1.82) is 0 Å². The van der Waals surface area contributed by atoms with Crippen molar-refractivity contribution in [2.45, 2.75) is 11.7 Å². The molecule has 0 radical (unpaired) electrons. The Bertz CT molecular complexity index is 1030. The summed E-state index contributed by atoms with van der Waals surface area (Å²) in [5.74, 6) is 0. The molecule has 1 saturated heterocycles. The zero-order valence-electron chi connectivity index (χ0n) is 13.5. The first-order chi connectivity index (χ1) is 12.4. The number of rotatable bonds is 4. The van der Waals surface area contributed by atoms with E-state index < -0.39 is 10.0 Å². The van der Waals surface area contributed by atoms with Crippen LogP contribution in [0.1, 0.15) is 5.69 Å². The number of fused-ring (bicyclic) bond motifs is 1. The number of piperazine rings is 1. The highest BCUT2D eigenvalue weighted by molar-refractivity contribution is 7.88. The van der Waals surface area contributed by atoms with Gasteiger partial charge in [0.05, 0.1) is 15.7 Å². The lowest BCUT2D eigenvalue weighted by atomic mass is 10.3. The predicted molar refractivity (Wildman–Crippen MR) is 95.6 cm³/mol. The number of aromatic amines is 1. The van der Waals surface area contributed by atoms with E-state index in [1.807, 2.05) is 6.20 Å². The quantitative estimate of drug-likeness (QED) is 0.688. The fourth-order valence-electron chi connectivity index (χ4n) is 2.95. The third-order valence-corrected chi connectivity index (χ3v) is 6.43. The van der Waals surface area contributed by atoms with Gasteiger partial charge >= 0.3 is 0 Å². The first kappa shape index (κ1) is 17.7. The molecule has 9 nitrogen and oxygen atoms in total. The van der Waals surface area contributed by atoms with Crippen LogP contribution in [0.15, 0.2) is 29.9 Å². The topological polar surface area (TPSA) is 99.5 Å². The van der Waals surface area contributed by atoms with Crippen LogP contribution in [-0.4, -0.2) is 68.4 Å². The van der Waals surface area contributed by atoms with Gasteiger partial charge in [0.2, 0.25) is 0 Å². The molecule has 0 aliphatic carbocycles. The van der Waals surface area contributed by atoms with Gasteiger partial charge in [-0.05, 0) is 6.07 Å². The molecule has 0 atom stereocenters. The van der Waals surface area contributed by atoms with Crippen molar-refractivity contribution in [3.8, 4) is 0 Å². The van der Waals surface area contributed by atoms with Gasteiger partial charge in [-0.3, -0.25) is 4.90 Å². The van der Waals surface area contributed by atoms with E-state index in [0.29, 0.717) is 48.4 Å². The van der Waals surface area contributed by atoms with Crippen LogP contribution in [-0.2, 0) is 16.6 Å². The largest absolute Gasteiger partial charge is 0.304 e. The Kier molecular flexibility index (Phi) is 4.61. The second-order valence-corrected chi connectivity index (χ2v) is 8.64. The zero-order valence-corrected chi connectivity index (χ0v) is 15.8. The van der Waals surface area contributed by atoms with Crippen molar-refractivity contribution >= 4 is 38.9 Å². The SMILES string of the molecule is O=S(=O)(c1ncn[nH]1)N1CCN(Cc2cn3cc(Cl)cc(Cl)c3n2)CC1. The summed E-state index contributed by atoms with van der Waals surface area (Å²) in [6.07, 6.45) is 4.82. The number of pyridine rings is 1. The first-order valence-corrected chi connectivity index (χ1v) is 10.0. The molecule has 0 saturated carbocycles. The molecule has 3 aromatic heterocycles. The van der Waals surface area contributed by atoms with Crippen LogP contribution in [0.25, 0.3) is 5.65 Å². The molecule has 0 spiro atoms. The molecule has 12 heteroatoms. The maximum atomic E-state index is 12.4. The minimum Gasteiger partial charge on any atom is -0.304 e. The molecule has 1 fully saturated rings. The van der Waals surface area contributed by atoms with Gasteiger partial charge in [-0.1, -0.05) is 23.2 Å². The molecule has 0 amide bonds. The van der Waals surface area contributed by atoms with Crippen LogP contribution >= 0.6 is 23.2 Å². The summed E-state index contributed by atoms with van der Waals surface area (Å²) in [5, 5.41) is 6.92. The Labute approximate surface area is 159 Å². The van der Waals surface area contributed by atoms with Crippen molar-refractivity contribution in [2.75, 3.05) is 26.2 Å². The number of aromatic nitrogens is 5. The average Bonchev–Trinajstić information content (AvgIpc) is 3.25. The fraction of sp³-hybridized carbons (Fsp3) is 0.357. The van der Waals surface area contributed by atoms with Crippen molar-refractivity contribution in [2.24, 2.45) is 0 Å². The minimum absolute atomic E-state index is 0.127. The van der Waals surface area contributed by atoms with Crippen LogP contribution in [0.2, 0.25) is 10.0 Å². The van der Waals surface area contributed by atoms with E-state index >= 15 is 0 Å². The van der Waals surface area contributed by atoms with Gasteiger partial charge in [0.15, 0.2) is 5.65 Å². The summed E-state index contributed by atoms with van der Waals surface area (Å²) in [7, 11) is -3.62. The highest BCUT2D eigenvalue weighted by Crippen LogP contribution is 2.22. The van der Waals surface area contributed by atoms with Crippen LogP contribution in [0.4, 0.5) is 0 Å². The van der Waals surface area contributed by atoms with Crippen molar-refractivity contribution in [3.05, 3.63) is 40.5 Å². The highest BCUT2D eigenvalue weighted by Gasteiger charge is 2.30. The molecule has 1 N–H and O–H groups in total. The number of nitrogens with one attached hydrogen (secondary N) is 1. The Morgan fingerprint density at radius 1 is 1.15 bits per heavy atom. The van der Waals surface area contributed by atoms with Crippen LogP contribution in [0.3, 0.4) is 0 Å². The molecule has 0 bridgehead atoms. The lowest BCUT2D eigenvalue weighted by Gasteiger charge is -2.32. The van der Waals surface area contributed by atoms with Crippen molar-refractivity contribution in [1.82, 2.24) is 33.8 Å². The Balaban J connectivity index is 1.44. The van der Waals surface area contributed by atoms with E-state index in [1.54, 1.807) is 16.7 Å². The lowest BCUT2D eigenvalue weighted by molar-refractivity contribution is 0.179. The van der Waals surface area contributed by atoms with Gasteiger partial charge in [-0.15, -0.1) is 0 Å². The summed E-state index contributed by atoms with van der Waals surface area (Å²) in [4.78, 5) is 10.4. The monoisotopic (exact) mass is 415 g/mol. The van der Waals surface area contributed by atoms with E-state index in [-0.39, 0.29) is 5.16 Å². The van der Waals surface area contributed by atoms with E-state index in [9.17, 15) is 8.42 Å². The highest BCUT2D eigenvalue weighted by atomic mass is 35.5. The maximum Gasteiger partial charge on any atom is 0.278 e. The van der Waals surface area contributed by atoms with E-state index in [1.165, 1.54) is 10.6 Å². The Morgan fingerprint density at radius 2 is 1.92 bits per heavy atom. The Morgan fingerprint density at radius 3 is 2.62 bits per heavy atom. The first-order valence-electron chi connectivity index (χ1n) is 7.84. The van der Waals surface area contributed by atoms with Gasteiger partial charge in [0, 0.05) is 45.1 Å². The van der Waals surface area contributed by atoms with Crippen LogP contribution in [0, 0.1) is 0 Å². The third kappa shape index (κ3) is 3.30. The lowest BCUT2D eigenvalue weighted by Crippen LogP contribution is -2.48. The standard InChI is InChI=1S/C14H15Cl2N7O2S/c15-10-5-12(16)13-19-11(8-22(13)6-10)7-21-1-3-23(4-2-21)26(24,25)14-17-9-18-20-14/h5-6,8-9H,1-4,7H2,(H,17,18,20). The predicted octanol–water partition coefficient (Wildman–Crippen LogP) is 1.27. The summed E-state index contributed by atoms with van der Waals surface area (Å²) >= 11 is 12.2. The number of sulfonamides is 1. The van der Waals surface area contributed by atoms with Gasteiger partial charge < -0.3 is 4.40 Å². The van der Waals surface area contributed by atoms with Gasteiger partial charge in [0.1, 0.15) is 6.33 Å². The molecular weight excluding hydrogens is 401 g/mol. The number of halogens is 2. The van der Waals surface area contributed by atoms with E-state index in [4.69, 9.17) is 23.2 Å². The van der Waals surface area contributed by atoms with Crippen LogP contribution < -0.4 is 0 Å². The molecular formula is C14H15Cl2N7O2S. The fourth-order valence-corrected chi connectivity index (χ4v) is 4.71. The molecule has 1 aliphatic rings. The summed E-state index contributed by atoms with van der Waals surface area (Å²) in [6, 6.07) is 1.66. The second kappa shape index (κ2) is 6.78. The van der Waals surface area contributed by atoms with Crippen molar-refractivity contribution in [3.63, 3.8) is 0 Å². The molecule has 1 aliphatic heterocycles. The van der Waals surface area contributed by atoms with Gasteiger partial charge in [0.25, 0.3) is 15.2 Å². The van der Waals surface area contributed by atoms with E-state index in [2.05, 4.69) is 25.1 Å². The normalized spacial score (nSPS) is 17.2. The number of hydrogen-bond acceptors (Lipinski definition) is 6. The number of imidazole rings is 1.